The smallest absolute Gasteiger partial charge is 0.170 e. The van der Waals surface area contributed by atoms with Gasteiger partial charge >= 0.3 is 0 Å². The van der Waals surface area contributed by atoms with Gasteiger partial charge < -0.3 is 14.4 Å². The van der Waals surface area contributed by atoms with Crippen molar-refractivity contribution in [2.45, 2.75) is 25.3 Å². The van der Waals surface area contributed by atoms with E-state index in [1.54, 1.807) is 20.3 Å². The molecule has 0 unspecified atom stereocenters. The molecule has 1 saturated carbocycles. The summed E-state index contributed by atoms with van der Waals surface area (Å²) in [6, 6.07) is 5.69. The van der Waals surface area contributed by atoms with Gasteiger partial charge in [-0.25, -0.2) is 9.97 Å². The fraction of sp³-hybridized carbons (Fsp3) is 0.350. The lowest BCUT2D eigenvalue weighted by atomic mass is 10.1. The number of hydrogen-bond donors (Lipinski definition) is 0. The van der Waals surface area contributed by atoms with E-state index in [-0.39, 0.29) is 10.7 Å². The minimum atomic E-state index is 0.218. The van der Waals surface area contributed by atoms with Gasteiger partial charge in [-0.05, 0) is 18.9 Å². The van der Waals surface area contributed by atoms with Crippen LogP contribution in [0.15, 0.2) is 30.9 Å². The SMILES string of the molecule is C=CCN(Cc1cccc(OC)c1OC)c1nc(C2CC2)nc(C=O)c1Cl. The van der Waals surface area contributed by atoms with Crippen LogP contribution < -0.4 is 14.4 Å². The highest BCUT2D eigenvalue weighted by atomic mass is 35.5. The highest BCUT2D eigenvalue weighted by molar-refractivity contribution is 6.35. The van der Waals surface area contributed by atoms with Crippen molar-refractivity contribution >= 4 is 23.7 Å². The van der Waals surface area contributed by atoms with Crippen LogP contribution in [-0.2, 0) is 6.54 Å². The Kier molecular flexibility index (Phi) is 5.96. The Morgan fingerprint density at radius 3 is 2.67 bits per heavy atom. The summed E-state index contributed by atoms with van der Waals surface area (Å²) in [6.45, 7) is 4.80. The Labute approximate surface area is 163 Å². The number of anilines is 1. The molecule has 0 bridgehead atoms. The maximum absolute atomic E-state index is 11.4. The molecule has 2 aromatic rings. The van der Waals surface area contributed by atoms with Crippen LogP contribution in [0.3, 0.4) is 0 Å². The third-order valence-corrected chi connectivity index (χ3v) is 4.79. The molecule has 1 aliphatic carbocycles. The molecule has 27 heavy (non-hydrogen) atoms. The van der Waals surface area contributed by atoms with Crippen LogP contribution in [0.5, 0.6) is 11.5 Å². The number of rotatable bonds is 9. The topological polar surface area (TPSA) is 64.6 Å². The quantitative estimate of drug-likeness (QED) is 0.478. The van der Waals surface area contributed by atoms with Gasteiger partial charge in [0.1, 0.15) is 16.5 Å². The number of halogens is 1. The Balaban J connectivity index is 2.03. The number of para-hydroxylation sites is 1. The van der Waals surface area contributed by atoms with E-state index in [9.17, 15) is 4.79 Å². The zero-order chi connectivity index (χ0) is 19.4. The Morgan fingerprint density at radius 1 is 1.30 bits per heavy atom. The first-order valence-corrected chi connectivity index (χ1v) is 9.09. The summed E-state index contributed by atoms with van der Waals surface area (Å²) >= 11 is 6.45. The van der Waals surface area contributed by atoms with Crippen LogP contribution in [0, 0.1) is 0 Å². The van der Waals surface area contributed by atoms with Crippen molar-refractivity contribution in [2.24, 2.45) is 0 Å². The molecule has 0 N–H and O–H groups in total. The molecule has 142 valence electrons. The standard InChI is InChI=1S/C20H22ClN3O3/c1-4-10-24(11-14-6-5-7-16(26-2)18(14)27-3)20-17(21)15(12-25)22-19(23-20)13-8-9-13/h4-7,12-13H,1,8-11H2,2-3H3. The van der Waals surface area contributed by atoms with Gasteiger partial charge in [-0.15, -0.1) is 6.58 Å². The molecule has 6 nitrogen and oxygen atoms in total. The molecule has 0 spiro atoms. The van der Waals surface area contributed by atoms with Gasteiger partial charge in [-0.1, -0.05) is 29.8 Å². The van der Waals surface area contributed by atoms with Crippen LogP contribution in [0.1, 0.15) is 40.6 Å². The highest BCUT2D eigenvalue weighted by Crippen LogP contribution is 2.40. The number of aldehydes is 1. The van der Waals surface area contributed by atoms with Crippen molar-refractivity contribution in [3.05, 3.63) is 53.0 Å². The van der Waals surface area contributed by atoms with E-state index in [2.05, 4.69) is 16.5 Å². The molecular formula is C20H22ClN3O3. The van der Waals surface area contributed by atoms with Gasteiger partial charge in [0.05, 0.1) is 14.2 Å². The second-order valence-corrected chi connectivity index (χ2v) is 6.70. The normalized spacial score (nSPS) is 13.1. The van der Waals surface area contributed by atoms with Gasteiger partial charge in [0.25, 0.3) is 0 Å². The average Bonchev–Trinajstić information content (AvgIpc) is 3.53. The molecule has 1 aromatic heterocycles. The van der Waals surface area contributed by atoms with Crippen LogP contribution in [-0.4, -0.2) is 37.0 Å². The largest absolute Gasteiger partial charge is 0.493 e. The van der Waals surface area contributed by atoms with E-state index in [0.717, 1.165) is 18.4 Å². The third-order valence-electron chi connectivity index (χ3n) is 4.43. The van der Waals surface area contributed by atoms with Gasteiger partial charge in [-0.2, -0.15) is 0 Å². The molecule has 0 aliphatic heterocycles. The summed E-state index contributed by atoms with van der Waals surface area (Å²) in [4.78, 5) is 22.4. The Bertz CT molecular complexity index is 853. The van der Waals surface area contributed by atoms with Crippen molar-refractivity contribution in [1.82, 2.24) is 9.97 Å². The number of hydrogen-bond acceptors (Lipinski definition) is 6. The van der Waals surface area contributed by atoms with Crippen LogP contribution in [0.25, 0.3) is 0 Å². The summed E-state index contributed by atoms with van der Waals surface area (Å²) in [7, 11) is 3.20. The Morgan fingerprint density at radius 2 is 2.07 bits per heavy atom. The molecule has 0 amide bonds. The van der Waals surface area contributed by atoms with Crippen LogP contribution in [0.2, 0.25) is 5.02 Å². The lowest BCUT2D eigenvalue weighted by molar-refractivity contribution is 0.111. The monoisotopic (exact) mass is 387 g/mol. The van der Waals surface area contributed by atoms with Crippen molar-refractivity contribution < 1.29 is 14.3 Å². The minimum Gasteiger partial charge on any atom is -0.493 e. The van der Waals surface area contributed by atoms with Gasteiger partial charge in [0.2, 0.25) is 0 Å². The molecule has 1 heterocycles. The number of nitrogens with zero attached hydrogens (tertiary/aromatic N) is 3. The highest BCUT2D eigenvalue weighted by Gasteiger charge is 2.29. The number of aromatic nitrogens is 2. The van der Waals surface area contributed by atoms with E-state index < -0.39 is 0 Å². The predicted molar refractivity (Wildman–Crippen MR) is 105 cm³/mol. The molecule has 0 saturated heterocycles. The third kappa shape index (κ3) is 4.06. The van der Waals surface area contributed by atoms with Gasteiger partial charge in [0, 0.05) is 24.6 Å². The van der Waals surface area contributed by atoms with Gasteiger partial charge in [-0.3, -0.25) is 4.79 Å². The summed E-state index contributed by atoms with van der Waals surface area (Å²) in [5.41, 5.74) is 1.13. The Hall–Kier alpha value is -2.60. The second-order valence-electron chi connectivity index (χ2n) is 6.32. The number of methoxy groups -OCH3 is 2. The molecule has 1 aromatic carbocycles. The van der Waals surface area contributed by atoms with Crippen LogP contribution >= 0.6 is 11.6 Å². The lowest BCUT2D eigenvalue weighted by Gasteiger charge is -2.25. The molecule has 0 atom stereocenters. The number of ether oxygens (including phenoxy) is 2. The first-order chi connectivity index (χ1) is 13.1. The summed E-state index contributed by atoms with van der Waals surface area (Å²) in [5.74, 6) is 2.80. The number of carbonyl (C=O) groups excluding carboxylic acids is 1. The van der Waals surface area contributed by atoms with Crippen molar-refractivity contribution in [3.63, 3.8) is 0 Å². The van der Waals surface area contributed by atoms with Crippen LogP contribution in [0.4, 0.5) is 5.82 Å². The van der Waals surface area contributed by atoms with Crippen molar-refractivity contribution in [1.29, 1.82) is 0 Å². The predicted octanol–water partition coefficient (Wildman–Crippen LogP) is 4.03. The number of benzene rings is 1. The first-order valence-electron chi connectivity index (χ1n) is 8.71. The summed E-state index contributed by atoms with van der Waals surface area (Å²) in [6.07, 6.45) is 4.51. The van der Waals surface area contributed by atoms with E-state index in [0.29, 0.717) is 48.4 Å². The fourth-order valence-corrected chi connectivity index (χ4v) is 3.20. The van der Waals surface area contributed by atoms with E-state index in [1.165, 1.54) is 0 Å². The van der Waals surface area contributed by atoms with E-state index in [4.69, 9.17) is 21.1 Å². The second kappa shape index (κ2) is 8.39. The fourth-order valence-electron chi connectivity index (χ4n) is 2.95. The van der Waals surface area contributed by atoms with Crippen molar-refractivity contribution in [2.75, 3.05) is 25.7 Å². The maximum Gasteiger partial charge on any atom is 0.170 e. The zero-order valence-corrected chi connectivity index (χ0v) is 16.2. The van der Waals surface area contributed by atoms with E-state index >= 15 is 0 Å². The summed E-state index contributed by atoms with van der Waals surface area (Å²) in [5, 5.41) is 0.248. The molecule has 1 aliphatic rings. The van der Waals surface area contributed by atoms with Crippen molar-refractivity contribution in [3.8, 4) is 11.5 Å². The zero-order valence-electron chi connectivity index (χ0n) is 15.4. The molecule has 0 radical (unpaired) electrons. The molecule has 1 fully saturated rings. The van der Waals surface area contributed by atoms with E-state index in [1.807, 2.05) is 23.1 Å². The first kappa shape index (κ1) is 19.2. The molecule has 3 rings (SSSR count). The minimum absolute atomic E-state index is 0.218. The molecular weight excluding hydrogens is 366 g/mol. The van der Waals surface area contributed by atoms with Gasteiger partial charge in [0.15, 0.2) is 23.6 Å². The maximum atomic E-state index is 11.4. The number of carbonyl (C=O) groups is 1. The lowest BCUT2D eigenvalue weighted by Crippen LogP contribution is -2.25. The average molecular weight is 388 g/mol. The summed E-state index contributed by atoms with van der Waals surface area (Å²) < 4.78 is 10.9. The molecule has 7 heteroatoms.